The van der Waals surface area contributed by atoms with E-state index in [2.05, 4.69) is 88.4 Å². The molecule has 122 valence electrons. The van der Waals surface area contributed by atoms with E-state index in [1.165, 1.54) is 27.8 Å². The van der Waals surface area contributed by atoms with Gasteiger partial charge in [0, 0.05) is 11.8 Å². The molecule has 1 heterocycles. The van der Waals surface area contributed by atoms with Crippen LogP contribution < -0.4 is 0 Å². The summed E-state index contributed by atoms with van der Waals surface area (Å²) in [5.41, 5.74) is 7.59. The number of pyridine rings is 1. The van der Waals surface area contributed by atoms with Crippen molar-refractivity contribution in [3.63, 3.8) is 0 Å². The summed E-state index contributed by atoms with van der Waals surface area (Å²) in [6.07, 6.45) is 3.06. The molecule has 0 atom stereocenters. The summed E-state index contributed by atoms with van der Waals surface area (Å²) < 4.78 is 0. The SMILES string of the molecule is Cc1ccc(-c2ccc(CC(C)(C)C)cn2)cc1-c1ccccc1. The van der Waals surface area contributed by atoms with Crippen molar-refractivity contribution in [2.24, 2.45) is 5.41 Å². The van der Waals surface area contributed by atoms with Gasteiger partial charge in [-0.1, -0.05) is 69.3 Å². The van der Waals surface area contributed by atoms with Gasteiger partial charge in [-0.2, -0.15) is 0 Å². The lowest BCUT2D eigenvalue weighted by Crippen LogP contribution is -2.09. The molecule has 1 aromatic heterocycles. The molecule has 1 nitrogen and oxygen atoms in total. The van der Waals surface area contributed by atoms with Crippen molar-refractivity contribution in [3.8, 4) is 22.4 Å². The molecular formula is C23H25N. The van der Waals surface area contributed by atoms with Crippen LogP contribution in [0.5, 0.6) is 0 Å². The van der Waals surface area contributed by atoms with Gasteiger partial charge in [0.15, 0.2) is 0 Å². The summed E-state index contributed by atoms with van der Waals surface area (Å²) in [6.45, 7) is 8.93. The molecule has 0 fully saturated rings. The Bertz CT molecular complexity index is 809. The van der Waals surface area contributed by atoms with Gasteiger partial charge >= 0.3 is 0 Å². The quantitative estimate of drug-likeness (QED) is 0.551. The molecule has 0 saturated heterocycles. The summed E-state index contributed by atoms with van der Waals surface area (Å²) in [5.74, 6) is 0. The van der Waals surface area contributed by atoms with Crippen LogP contribution in [-0.4, -0.2) is 4.98 Å². The molecule has 0 spiro atoms. The van der Waals surface area contributed by atoms with E-state index in [1.807, 2.05) is 6.20 Å². The number of aromatic nitrogens is 1. The fourth-order valence-electron chi connectivity index (χ4n) is 3.02. The van der Waals surface area contributed by atoms with E-state index in [1.54, 1.807) is 0 Å². The molecule has 24 heavy (non-hydrogen) atoms. The minimum absolute atomic E-state index is 0.285. The molecule has 0 aliphatic rings. The first-order valence-electron chi connectivity index (χ1n) is 8.54. The van der Waals surface area contributed by atoms with E-state index in [0.717, 1.165) is 12.1 Å². The van der Waals surface area contributed by atoms with Crippen molar-refractivity contribution in [1.82, 2.24) is 4.98 Å². The number of aryl methyl sites for hydroxylation is 1. The fraction of sp³-hybridized carbons (Fsp3) is 0.261. The Kier molecular flexibility index (Phi) is 4.53. The fourth-order valence-corrected chi connectivity index (χ4v) is 3.02. The third kappa shape index (κ3) is 3.91. The smallest absolute Gasteiger partial charge is 0.0702 e. The van der Waals surface area contributed by atoms with E-state index in [-0.39, 0.29) is 5.41 Å². The molecule has 3 rings (SSSR count). The zero-order chi connectivity index (χ0) is 17.2. The van der Waals surface area contributed by atoms with E-state index < -0.39 is 0 Å². The second-order valence-electron chi connectivity index (χ2n) is 7.68. The number of nitrogens with zero attached hydrogens (tertiary/aromatic N) is 1. The van der Waals surface area contributed by atoms with Gasteiger partial charge in [-0.3, -0.25) is 4.98 Å². The topological polar surface area (TPSA) is 12.9 Å². The summed E-state index contributed by atoms with van der Waals surface area (Å²) in [7, 11) is 0. The zero-order valence-corrected chi connectivity index (χ0v) is 15.0. The molecule has 0 aliphatic carbocycles. The minimum atomic E-state index is 0.285. The van der Waals surface area contributed by atoms with Crippen molar-refractivity contribution in [3.05, 3.63) is 78.0 Å². The Morgan fingerprint density at radius 3 is 2.21 bits per heavy atom. The normalized spacial score (nSPS) is 11.5. The standard InChI is InChI=1S/C23H25N/c1-17-10-12-20(14-21(17)19-8-6-5-7-9-19)22-13-11-18(16-24-22)15-23(2,3)4/h5-14,16H,15H2,1-4H3. The van der Waals surface area contributed by atoms with Crippen molar-refractivity contribution in [2.75, 3.05) is 0 Å². The number of hydrogen-bond donors (Lipinski definition) is 0. The highest BCUT2D eigenvalue weighted by atomic mass is 14.7. The van der Waals surface area contributed by atoms with Gasteiger partial charge in [0.05, 0.1) is 5.69 Å². The van der Waals surface area contributed by atoms with Gasteiger partial charge in [0.25, 0.3) is 0 Å². The minimum Gasteiger partial charge on any atom is -0.256 e. The maximum atomic E-state index is 4.70. The van der Waals surface area contributed by atoms with Gasteiger partial charge < -0.3 is 0 Å². The number of hydrogen-bond acceptors (Lipinski definition) is 1. The van der Waals surface area contributed by atoms with Crippen molar-refractivity contribution < 1.29 is 0 Å². The number of rotatable bonds is 3. The molecule has 1 heteroatoms. The summed E-state index contributed by atoms with van der Waals surface area (Å²) in [5, 5.41) is 0. The van der Waals surface area contributed by atoms with Gasteiger partial charge in [-0.15, -0.1) is 0 Å². The van der Waals surface area contributed by atoms with Gasteiger partial charge in [0.2, 0.25) is 0 Å². The Morgan fingerprint density at radius 1 is 0.833 bits per heavy atom. The lowest BCUT2D eigenvalue weighted by molar-refractivity contribution is 0.411. The second-order valence-corrected chi connectivity index (χ2v) is 7.68. The highest BCUT2D eigenvalue weighted by Crippen LogP contribution is 2.29. The van der Waals surface area contributed by atoms with E-state index in [0.29, 0.717) is 0 Å². The lowest BCUT2D eigenvalue weighted by Gasteiger charge is -2.18. The Balaban J connectivity index is 1.93. The Morgan fingerprint density at radius 2 is 1.58 bits per heavy atom. The zero-order valence-electron chi connectivity index (χ0n) is 15.0. The van der Waals surface area contributed by atoms with Crippen LogP contribution in [0.3, 0.4) is 0 Å². The van der Waals surface area contributed by atoms with Crippen LogP contribution in [0.25, 0.3) is 22.4 Å². The molecule has 0 bridgehead atoms. The van der Waals surface area contributed by atoms with Gasteiger partial charge in [-0.05, 0) is 53.1 Å². The van der Waals surface area contributed by atoms with Crippen molar-refractivity contribution in [1.29, 1.82) is 0 Å². The van der Waals surface area contributed by atoms with Crippen LogP contribution in [0.15, 0.2) is 66.9 Å². The lowest BCUT2D eigenvalue weighted by atomic mass is 9.88. The molecule has 0 unspecified atom stereocenters. The molecular weight excluding hydrogens is 290 g/mol. The van der Waals surface area contributed by atoms with E-state index in [9.17, 15) is 0 Å². The van der Waals surface area contributed by atoms with Crippen LogP contribution in [0.2, 0.25) is 0 Å². The van der Waals surface area contributed by atoms with Crippen molar-refractivity contribution >= 4 is 0 Å². The molecule has 0 radical (unpaired) electrons. The van der Waals surface area contributed by atoms with Gasteiger partial charge in [-0.25, -0.2) is 0 Å². The first kappa shape index (κ1) is 16.4. The highest BCUT2D eigenvalue weighted by molar-refractivity contribution is 5.74. The highest BCUT2D eigenvalue weighted by Gasteiger charge is 2.12. The predicted octanol–water partition coefficient (Wildman–Crippen LogP) is 6.31. The third-order valence-electron chi connectivity index (χ3n) is 4.18. The maximum Gasteiger partial charge on any atom is 0.0702 e. The maximum absolute atomic E-state index is 4.70. The Hall–Kier alpha value is -2.41. The first-order chi connectivity index (χ1) is 11.4. The molecule has 0 aliphatic heterocycles. The van der Waals surface area contributed by atoms with Crippen LogP contribution >= 0.6 is 0 Å². The molecule has 2 aromatic carbocycles. The van der Waals surface area contributed by atoms with Crippen molar-refractivity contribution in [2.45, 2.75) is 34.1 Å². The largest absolute Gasteiger partial charge is 0.256 e. The summed E-state index contributed by atoms with van der Waals surface area (Å²) in [6, 6.07) is 21.5. The summed E-state index contributed by atoms with van der Waals surface area (Å²) in [4.78, 5) is 4.70. The average Bonchev–Trinajstić information content (AvgIpc) is 2.55. The van der Waals surface area contributed by atoms with Crippen LogP contribution in [-0.2, 0) is 6.42 Å². The van der Waals surface area contributed by atoms with Crippen LogP contribution in [0.4, 0.5) is 0 Å². The van der Waals surface area contributed by atoms with Crippen LogP contribution in [0, 0.1) is 12.3 Å². The molecule has 0 amide bonds. The van der Waals surface area contributed by atoms with E-state index >= 15 is 0 Å². The second kappa shape index (κ2) is 6.60. The molecule has 0 saturated carbocycles. The third-order valence-corrected chi connectivity index (χ3v) is 4.18. The predicted molar refractivity (Wildman–Crippen MR) is 103 cm³/mol. The van der Waals surface area contributed by atoms with Crippen LogP contribution in [0.1, 0.15) is 31.9 Å². The van der Waals surface area contributed by atoms with E-state index in [4.69, 9.17) is 4.98 Å². The molecule has 3 aromatic rings. The number of benzene rings is 2. The Labute approximate surface area is 145 Å². The average molecular weight is 315 g/mol. The first-order valence-corrected chi connectivity index (χ1v) is 8.54. The van der Waals surface area contributed by atoms with Gasteiger partial charge in [0.1, 0.15) is 0 Å². The monoisotopic (exact) mass is 315 g/mol. The molecule has 0 N–H and O–H groups in total. The summed E-state index contributed by atoms with van der Waals surface area (Å²) >= 11 is 0.